The van der Waals surface area contributed by atoms with E-state index >= 15 is 0 Å². The van der Waals surface area contributed by atoms with Gasteiger partial charge in [0.25, 0.3) is 11.8 Å². The van der Waals surface area contributed by atoms with E-state index in [1.54, 1.807) is 18.2 Å². The summed E-state index contributed by atoms with van der Waals surface area (Å²) < 4.78 is 4.66. The highest BCUT2D eigenvalue weighted by Gasteiger charge is 2.39. The average Bonchev–Trinajstić information content (AvgIpc) is 2.84. The van der Waals surface area contributed by atoms with Crippen molar-refractivity contribution in [2.24, 2.45) is 0 Å². The summed E-state index contributed by atoms with van der Waals surface area (Å²) in [6.07, 6.45) is 0. The molecule has 0 saturated carbocycles. The zero-order valence-corrected chi connectivity index (χ0v) is 14.8. The number of carbonyl (C=O) groups is 3. The fourth-order valence-electron chi connectivity index (χ4n) is 2.60. The van der Waals surface area contributed by atoms with Crippen molar-refractivity contribution in [3.8, 4) is 0 Å². The maximum Gasteiger partial charge on any atom is 0.337 e. The van der Waals surface area contributed by atoms with E-state index in [2.05, 4.69) is 10.1 Å². The number of ether oxygens (including phenoxy) is 1. The summed E-state index contributed by atoms with van der Waals surface area (Å²) in [5.74, 6) is -1.82. The average molecular weight is 371 g/mol. The number of hydrogen-bond donors (Lipinski definition) is 1. The number of methoxy groups -OCH3 is 1. The molecular formula is C19H15ClN2O4. The number of nitrogens with one attached hydrogen (secondary N) is 1. The molecule has 7 heteroatoms. The number of anilines is 2. The predicted octanol–water partition coefficient (Wildman–Crippen LogP) is 3.22. The lowest BCUT2D eigenvalue weighted by atomic mass is 10.2. The molecule has 6 nitrogen and oxygen atoms in total. The van der Waals surface area contributed by atoms with Gasteiger partial charge in [0.15, 0.2) is 0 Å². The Labute approximate surface area is 155 Å². The quantitative estimate of drug-likeness (QED) is 0.660. The number of hydrogen-bond acceptors (Lipinski definition) is 5. The first-order chi connectivity index (χ1) is 12.4. The van der Waals surface area contributed by atoms with Gasteiger partial charge in [-0.05, 0) is 42.8 Å². The van der Waals surface area contributed by atoms with Gasteiger partial charge in [0.05, 0.1) is 18.4 Å². The van der Waals surface area contributed by atoms with Crippen LogP contribution in [-0.2, 0) is 14.3 Å². The minimum atomic E-state index is -0.658. The van der Waals surface area contributed by atoms with Gasteiger partial charge in [-0.25, -0.2) is 9.69 Å². The number of imide groups is 1. The van der Waals surface area contributed by atoms with Crippen molar-refractivity contribution in [1.82, 2.24) is 0 Å². The molecule has 0 unspecified atom stereocenters. The van der Waals surface area contributed by atoms with Crippen molar-refractivity contribution in [3.05, 3.63) is 70.4 Å². The molecule has 26 heavy (non-hydrogen) atoms. The molecule has 1 aliphatic heterocycles. The third-order valence-electron chi connectivity index (χ3n) is 3.84. The van der Waals surface area contributed by atoms with E-state index in [9.17, 15) is 14.4 Å². The van der Waals surface area contributed by atoms with E-state index in [4.69, 9.17) is 11.6 Å². The van der Waals surface area contributed by atoms with Crippen molar-refractivity contribution < 1.29 is 19.1 Å². The number of rotatable bonds is 4. The van der Waals surface area contributed by atoms with E-state index in [-0.39, 0.29) is 22.0 Å². The van der Waals surface area contributed by atoms with E-state index < -0.39 is 17.8 Å². The lowest BCUT2D eigenvalue weighted by Crippen LogP contribution is -2.32. The van der Waals surface area contributed by atoms with Crippen LogP contribution in [0, 0.1) is 6.92 Å². The van der Waals surface area contributed by atoms with Crippen LogP contribution in [0.15, 0.2) is 59.3 Å². The summed E-state index contributed by atoms with van der Waals surface area (Å²) in [5, 5.41) is 2.70. The first-order valence-corrected chi connectivity index (χ1v) is 8.11. The van der Waals surface area contributed by atoms with Gasteiger partial charge in [0.2, 0.25) is 0 Å². The SMILES string of the molecule is COC(=O)c1cccc(N2C(=O)C(Cl)=C(Nc3cccc(C)c3)C2=O)c1. The summed E-state index contributed by atoms with van der Waals surface area (Å²) in [6, 6.07) is 13.4. The van der Waals surface area contributed by atoms with Crippen LogP contribution in [0.2, 0.25) is 0 Å². The van der Waals surface area contributed by atoms with Crippen LogP contribution >= 0.6 is 11.6 Å². The van der Waals surface area contributed by atoms with Gasteiger partial charge in [-0.1, -0.05) is 29.8 Å². The van der Waals surface area contributed by atoms with Gasteiger partial charge in [-0.2, -0.15) is 0 Å². The molecule has 1 aliphatic rings. The number of carbonyl (C=O) groups excluding carboxylic acids is 3. The Bertz CT molecular complexity index is 952. The first kappa shape index (κ1) is 17.7. The monoisotopic (exact) mass is 370 g/mol. The molecule has 1 N–H and O–H groups in total. The van der Waals surface area contributed by atoms with Gasteiger partial charge in [-0.15, -0.1) is 0 Å². The van der Waals surface area contributed by atoms with Gasteiger partial charge in [0.1, 0.15) is 10.7 Å². The molecule has 0 spiro atoms. The maximum absolute atomic E-state index is 12.8. The summed E-state index contributed by atoms with van der Waals surface area (Å²) in [6.45, 7) is 1.91. The molecule has 0 aromatic heterocycles. The smallest absolute Gasteiger partial charge is 0.337 e. The van der Waals surface area contributed by atoms with Gasteiger partial charge in [-0.3, -0.25) is 9.59 Å². The molecule has 0 fully saturated rings. The molecule has 1 heterocycles. The molecule has 0 saturated heterocycles. The van der Waals surface area contributed by atoms with E-state index in [1.807, 2.05) is 25.1 Å². The highest BCUT2D eigenvalue weighted by Crippen LogP contribution is 2.30. The Morgan fingerprint density at radius 1 is 1.08 bits per heavy atom. The van der Waals surface area contributed by atoms with Crippen LogP contribution in [0.1, 0.15) is 15.9 Å². The van der Waals surface area contributed by atoms with Crippen molar-refractivity contribution in [2.45, 2.75) is 6.92 Å². The molecule has 132 valence electrons. The molecule has 2 aromatic rings. The third kappa shape index (κ3) is 3.19. The van der Waals surface area contributed by atoms with Crippen LogP contribution in [-0.4, -0.2) is 24.9 Å². The molecular weight excluding hydrogens is 356 g/mol. The minimum absolute atomic E-state index is 0.00858. The van der Waals surface area contributed by atoms with Crippen molar-refractivity contribution >= 4 is 40.8 Å². The predicted molar refractivity (Wildman–Crippen MR) is 98.0 cm³/mol. The minimum Gasteiger partial charge on any atom is -0.465 e. The number of aryl methyl sites for hydroxylation is 1. The first-order valence-electron chi connectivity index (χ1n) is 7.73. The van der Waals surface area contributed by atoms with Gasteiger partial charge < -0.3 is 10.1 Å². The fourth-order valence-corrected chi connectivity index (χ4v) is 2.82. The molecule has 2 aromatic carbocycles. The molecule has 3 rings (SSSR count). The summed E-state index contributed by atoms with van der Waals surface area (Å²) in [4.78, 5) is 37.9. The van der Waals surface area contributed by atoms with Gasteiger partial charge >= 0.3 is 5.97 Å². The highest BCUT2D eigenvalue weighted by molar-refractivity contribution is 6.53. The zero-order valence-electron chi connectivity index (χ0n) is 14.1. The van der Waals surface area contributed by atoms with Gasteiger partial charge in [0, 0.05) is 5.69 Å². The molecule has 2 amide bonds. The Morgan fingerprint density at radius 3 is 2.50 bits per heavy atom. The molecule has 0 bridgehead atoms. The highest BCUT2D eigenvalue weighted by atomic mass is 35.5. The maximum atomic E-state index is 12.8. The summed E-state index contributed by atoms with van der Waals surface area (Å²) >= 11 is 6.10. The van der Waals surface area contributed by atoms with E-state index in [0.29, 0.717) is 5.69 Å². The summed E-state index contributed by atoms with van der Waals surface area (Å²) in [7, 11) is 1.25. The van der Waals surface area contributed by atoms with Crippen molar-refractivity contribution in [2.75, 3.05) is 17.3 Å². The third-order valence-corrected chi connectivity index (χ3v) is 4.19. The molecule has 0 aliphatic carbocycles. The summed E-state index contributed by atoms with van der Waals surface area (Å²) in [5.41, 5.74) is 2.09. The normalized spacial score (nSPS) is 14.0. The Hall–Kier alpha value is -3.12. The second-order valence-electron chi connectivity index (χ2n) is 5.67. The van der Waals surface area contributed by atoms with Crippen LogP contribution in [0.4, 0.5) is 11.4 Å². The lowest BCUT2D eigenvalue weighted by Gasteiger charge is -2.16. The number of amides is 2. The van der Waals surface area contributed by atoms with Crippen LogP contribution < -0.4 is 10.2 Å². The van der Waals surface area contributed by atoms with Crippen molar-refractivity contribution in [1.29, 1.82) is 0 Å². The van der Waals surface area contributed by atoms with Crippen LogP contribution in [0.3, 0.4) is 0 Å². The largest absolute Gasteiger partial charge is 0.465 e. The second-order valence-corrected chi connectivity index (χ2v) is 6.05. The fraction of sp³-hybridized carbons (Fsp3) is 0.105. The van der Waals surface area contributed by atoms with E-state index in [0.717, 1.165) is 10.5 Å². The topological polar surface area (TPSA) is 75.7 Å². The second kappa shape index (κ2) is 7.01. The molecule has 0 radical (unpaired) electrons. The Balaban J connectivity index is 1.92. The zero-order chi connectivity index (χ0) is 18.8. The Kier molecular flexibility index (Phi) is 4.77. The number of nitrogens with zero attached hydrogens (tertiary/aromatic N) is 1. The standard InChI is InChI=1S/C19H15ClN2O4/c1-11-5-3-7-13(9-11)21-16-15(20)17(23)22(18(16)24)14-8-4-6-12(10-14)19(25)26-2/h3-10,21H,1-2H3. The van der Waals surface area contributed by atoms with E-state index in [1.165, 1.54) is 19.2 Å². The van der Waals surface area contributed by atoms with Crippen molar-refractivity contribution in [3.63, 3.8) is 0 Å². The number of benzene rings is 2. The van der Waals surface area contributed by atoms with Crippen LogP contribution in [0.5, 0.6) is 0 Å². The number of halogens is 1. The van der Waals surface area contributed by atoms with Crippen LogP contribution in [0.25, 0.3) is 0 Å². The molecule has 0 atom stereocenters. The lowest BCUT2D eigenvalue weighted by molar-refractivity contribution is -0.120. The Morgan fingerprint density at radius 2 is 1.81 bits per heavy atom. The number of esters is 1.